The fraction of sp³-hybridized carbons (Fsp3) is 0.208. The summed E-state index contributed by atoms with van der Waals surface area (Å²) in [6, 6.07) is 20.5. The first-order valence-corrected chi connectivity index (χ1v) is 9.93. The molecule has 0 saturated carbocycles. The van der Waals surface area contributed by atoms with E-state index in [0.717, 1.165) is 34.3 Å². The number of carbonyl (C=O) groups is 1. The Morgan fingerprint density at radius 3 is 2.53 bits per heavy atom. The minimum atomic E-state index is -0.306. The van der Waals surface area contributed by atoms with Gasteiger partial charge in [-0.3, -0.25) is 9.59 Å². The van der Waals surface area contributed by atoms with Crippen LogP contribution in [0.15, 0.2) is 75.9 Å². The first-order chi connectivity index (χ1) is 14.6. The minimum Gasteiger partial charge on any atom is -0.461 e. The fourth-order valence-electron chi connectivity index (χ4n) is 3.51. The Morgan fingerprint density at radius 1 is 1.03 bits per heavy atom. The first kappa shape index (κ1) is 19.6. The van der Waals surface area contributed by atoms with Crippen molar-refractivity contribution in [2.45, 2.75) is 26.4 Å². The van der Waals surface area contributed by atoms with Crippen LogP contribution < -0.4 is 5.56 Å². The summed E-state index contributed by atoms with van der Waals surface area (Å²) < 4.78 is 7.14. The van der Waals surface area contributed by atoms with Crippen molar-refractivity contribution in [1.29, 1.82) is 0 Å². The maximum atomic E-state index is 12.9. The maximum Gasteiger partial charge on any atom is 0.267 e. The van der Waals surface area contributed by atoms with E-state index in [1.165, 1.54) is 10.7 Å². The van der Waals surface area contributed by atoms with Gasteiger partial charge in [-0.05, 0) is 12.1 Å². The second-order valence-corrected chi connectivity index (χ2v) is 7.18. The van der Waals surface area contributed by atoms with E-state index in [9.17, 15) is 9.59 Å². The average molecular weight is 401 g/mol. The highest BCUT2D eigenvalue weighted by atomic mass is 16.3. The van der Waals surface area contributed by atoms with E-state index >= 15 is 0 Å². The van der Waals surface area contributed by atoms with E-state index in [2.05, 4.69) is 5.10 Å². The molecule has 0 N–H and O–H groups in total. The van der Waals surface area contributed by atoms with E-state index in [1.807, 2.05) is 61.5 Å². The molecule has 152 valence electrons. The molecule has 0 aliphatic heterocycles. The number of rotatable bonds is 6. The number of hydrogen-bond donors (Lipinski definition) is 0. The third kappa shape index (κ3) is 3.89. The van der Waals surface area contributed by atoms with Gasteiger partial charge in [0.25, 0.3) is 5.56 Å². The molecule has 2 heterocycles. The molecule has 0 bridgehead atoms. The van der Waals surface area contributed by atoms with Crippen molar-refractivity contribution in [2.75, 3.05) is 7.05 Å². The van der Waals surface area contributed by atoms with Crippen LogP contribution in [0, 0.1) is 0 Å². The van der Waals surface area contributed by atoms with Crippen LogP contribution in [0.25, 0.3) is 22.2 Å². The molecule has 0 unspecified atom stereocenters. The van der Waals surface area contributed by atoms with Gasteiger partial charge < -0.3 is 9.32 Å². The Bertz CT molecular complexity index is 1240. The number of carbonyl (C=O) groups excluding carboxylic acids is 1. The lowest BCUT2D eigenvalue weighted by molar-refractivity contribution is -0.131. The lowest BCUT2D eigenvalue weighted by Gasteiger charge is -2.18. The molecule has 0 spiro atoms. The van der Waals surface area contributed by atoms with Gasteiger partial charge in [-0.2, -0.15) is 5.10 Å². The Morgan fingerprint density at radius 2 is 1.77 bits per heavy atom. The number of aromatic nitrogens is 2. The zero-order valence-corrected chi connectivity index (χ0v) is 17.0. The lowest BCUT2D eigenvalue weighted by Crippen LogP contribution is -2.34. The van der Waals surface area contributed by atoms with Crippen LogP contribution >= 0.6 is 0 Å². The third-order valence-corrected chi connectivity index (χ3v) is 5.15. The summed E-state index contributed by atoms with van der Waals surface area (Å²) in [5.74, 6) is 0.680. The average Bonchev–Trinajstić information content (AvgIpc) is 3.13. The molecule has 6 heteroatoms. The molecule has 0 atom stereocenters. The van der Waals surface area contributed by atoms with Crippen molar-refractivity contribution in [2.24, 2.45) is 0 Å². The fourth-order valence-corrected chi connectivity index (χ4v) is 3.51. The summed E-state index contributed by atoms with van der Waals surface area (Å²) in [7, 11) is 1.73. The zero-order chi connectivity index (χ0) is 21.1. The third-order valence-electron chi connectivity index (χ3n) is 5.15. The van der Waals surface area contributed by atoms with Crippen LogP contribution in [-0.4, -0.2) is 27.6 Å². The van der Waals surface area contributed by atoms with Gasteiger partial charge in [0.05, 0.1) is 5.69 Å². The predicted octanol–water partition coefficient (Wildman–Crippen LogP) is 3.88. The first-order valence-electron chi connectivity index (χ1n) is 9.93. The second-order valence-electron chi connectivity index (χ2n) is 7.18. The number of para-hydroxylation sites is 1. The van der Waals surface area contributed by atoms with Gasteiger partial charge in [0.2, 0.25) is 5.91 Å². The van der Waals surface area contributed by atoms with Crippen LogP contribution in [0.2, 0.25) is 0 Å². The molecule has 1 amide bonds. The topological polar surface area (TPSA) is 68.3 Å². The summed E-state index contributed by atoms with van der Waals surface area (Å²) in [6.07, 6.45) is 0.742. The summed E-state index contributed by atoms with van der Waals surface area (Å²) in [6.45, 7) is 2.32. The van der Waals surface area contributed by atoms with Gasteiger partial charge >= 0.3 is 0 Å². The number of likely N-dealkylation sites (N-methyl/N-ethyl adjacent to an activating group) is 1. The van der Waals surface area contributed by atoms with Crippen molar-refractivity contribution in [3.8, 4) is 11.3 Å². The van der Waals surface area contributed by atoms with Gasteiger partial charge in [-0.1, -0.05) is 55.5 Å². The highest BCUT2D eigenvalue weighted by molar-refractivity contribution is 5.83. The highest BCUT2D eigenvalue weighted by Gasteiger charge is 2.18. The number of furan rings is 1. The Kier molecular flexibility index (Phi) is 5.48. The van der Waals surface area contributed by atoms with Crippen LogP contribution in [0.5, 0.6) is 0 Å². The van der Waals surface area contributed by atoms with Crippen LogP contribution in [-0.2, 0) is 24.3 Å². The number of nitrogens with zero attached hydrogens (tertiary/aromatic N) is 3. The monoisotopic (exact) mass is 401 g/mol. The van der Waals surface area contributed by atoms with E-state index < -0.39 is 0 Å². The molecule has 0 aliphatic carbocycles. The quantitative estimate of drug-likeness (QED) is 0.492. The molecule has 2 aromatic carbocycles. The van der Waals surface area contributed by atoms with E-state index in [1.54, 1.807) is 18.0 Å². The molecular weight excluding hydrogens is 378 g/mol. The molecule has 30 heavy (non-hydrogen) atoms. The van der Waals surface area contributed by atoms with Gasteiger partial charge in [0.15, 0.2) is 0 Å². The van der Waals surface area contributed by atoms with E-state index in [-0.39, 0.29) is 18.0 Å². The molecule has 6 nitrogen and oxygen atoms in total. The molecule has 0 aliphatic rings. The lowest BCUT2D eigenvalue weighted by atomic mass is 10.1. The normalized spacial score (nSPS) is 11.0. The van der Waals surface area contributed by atoms with E-state index in [4.69, 9.17) is 4.42 Å². The molecular formula is C24H23N3O3. The minimum absolute atomic E-state index is 0.118. The summed E-state index contributed by atoms with van der Waals surface area (Å²) in [5, 5.41) is 5.39. The number of aryl methyl sites for hydroxylation is 1. The van der Waals surface area contributed by atoms with Crippen molar-refractivity contribution < 1.29 is 9.21 Å². The molecule has 2 aromatic heterocycles. The predicted molar refractivity (Wildman–Crippen MR) is 116 cm³/mol. The van der Waals surface area contributed by atoms with Crippen LogP contribution in [0.1, 0.15) is 18.2 Å². The smallest absolute Gasteiger partial charge is 0.267 e. The van der Waals surface area contributed by atoms with Crippen LogP contribution in [0.3, 0.4) is 0 Å². The molecule has 0 radical (unpaired) electrons. The Labute approximate surface area is 174 Å². The van der Waals surface area contributed by atoms with Crippen LogP contribution in [0.4, 0.5) is 0 Å². The number of fused-ring (bicyclic) bond motifs is 1. The van der Waals surface area contributed by atoms with Crippen molar-refractivity contribution >= 4 is 16.9 Å². The van der Waals surface area contributed by atoms with Gasteiger partial charge in [0, 0.05) is 42.6 Å². The maximum absolute atomic E-state index is 12.9. The number of benzene rings is 2. The zero-order valence-electron chi connectivity index (χ0n) is 17.0. The van der Waals surface area contributed by atoms with Gasteiger partial charge in [-0.25, -0.2) is 4.68 Å². The number of amides is 1. The summed E-state index contributed by atoms with van der Waals surface area (Å²) in [4.78, 5) is 26.7. The van der Waals surface area contributed by atoms with Crippen molar-refractivity contribution in [3.05, 3.63) is 88.4 Å². The Hall–Kier alpha value is -3.67. The SMILES string of the molecule is CCc1oc2ccccc2c1CN(C)C(=O)Cn1nc(-c2ccccc2)ccc1=O. The number of hydrogen-bond acceptors (Lipinski definition) is 4. The molecule has 4 rings (SSSR count). The Balaban J connectivity index is 1.56. The molecule has 4 aromatic rings. The van der Waals surface area contributed by atoms with Crippen molar-refractivity contribution in [1.82, 2.24) is 14.7 Å². The van der Waals surface area contributed by atoms with Gasteiger partial charge in [0.1, 0.15) is 17.9 Å². The largest absolute Gasteiger partial charge is 0.461 e. The van der Waals surface area contributed by atoms with Gasteiger partial charge in [-0.15, -0.1) is 0 Å². The standard InChI is InChI=1S/C24H23N3O3/c1-3-21-19(18-11-7-8-12-22(18)30-21)15-26(2)24(29)16-27-23(28)14-13-20(25-27)17-9-5-4-6-10-17/h4-14H,3,15-16H2,1-2H3. The van der Waals surface area contributed by atoms with E-state index in [0.29, 0.717) is 12.2 Å². The van der Waals surface area contributed by atoms with Crippen molar-refractivity contribution in [3.63, 3.8) is 0 Å². The summed E-state index contributed by atoms with van der Waals surface area (Å²) >= 11 is 0. The highest BCUT2D eigenvalue weighted by Crippen LogP contribution is 2.27. The summed E-state index contributed by atoms with van der Waals surface area (Å²) in [5.41, 5.74) is 3.06. The molecule has 0 saturated heterocycles. The second kappa shape index (κ2) is 8.37. The molecule has 0 fully saturated rings.